The molecular weight excluding hydrogens is 623 g/mol. The van der Waals surface area contributed by atoms with E-state index in [0.717, 1.165) is 36.0 Å². The normalized spacial score (nSPS) is 14.2. The van der Waals surface area contributed by atoms with Gasteiger partial charge >= 0.3 is 37.7 Å². The first-order valence-corrected chi connectivity index (χ1v) is 24.2. The number of rotatable bonds is 10. The molecule has 0 aliphatic carbocycles. The van der Waals surface area contributed by atoms with E-state index in [1.807, 2.05) is 0 Å². The molecule has 3 rings (SSSR count). The molecule has 1 fully saturated rings. The Balaban J connectivity index is 0.00000111. The van der Waals surface area contributed by atoms with Crippen LogP contribution in [0.15, 0.2) is 53.2 Å². The fourth-order valence-corrected chi connectivity index (χ4v) is 13.6. The molecule has 2 aromatic rings. The van der Waals surface area contributed by atoms with Gasteiger partial charge in [-0.25, -0.2) is 0 Å². The van der Waals surface area contributed by atoms with Gasteiger partial charge in [0.1, 0.15) is 0 Å². The van der Waals surface area contributed by atoms with Gasteiger partial charge in [-0.2, -0.15) is 5.70 Å². The third-order valence-electron chi connectivity index (χ3n) is 7.18. The topological polar surface area (TPSA) is 49.8 Å². The van der Waals surface area contributed by atoms with Crippen molar-refractivity contribution in [2.24, 2.45) is 4.99 Å². The van der Waals surface area contributed by atoms with E-state index >= 15 is 0 Å². The Kier molecular flexibility index (Phi) is 21.0. The Labute approximate surface area is 317 Å². The summed E-state index contributed by atoms with van der Waals surface area (Å²) in [4.78, 5) is 5.08. The molecule has 254 valence electrons. The first-order chi connectivity index (χ1) is 20.7. The SMILES string of the molecule is C1CCOC1.CC(/C=C(\C)[N-]c1c(C(C)C)cccc1C(C)C)=Nc1c(C(C)C)cccc1C(C)C.C[Si](C)(C)[N-][Si](C)(C)C.[Ca+2]. The summed E-state index contributed by atoms with van der Waals surface area (Å²) in [6.07, 6.45) is 4.67. The molecule has 0 radical (unpaired) electrons. The second kappa shape index (κ2) is 21.4. The number of para-hydroxylation sites is 2. The van der Waals surface area contributed by atoms with Crippen LogP contribution in [0.3, 0.4) is 0 Å². The summed E-state index contributed by atoms with van der Waals surface area (Å²) in [5.41, 5.74) is 9.45. The maximum absolute atomic E-state index is 5.08. The van der Waals surface area contributed by atoms with Crippen molar-refractivity contribution in [1.29, 1.82) is 0 Å². The van der Waals surface area contributed by atoms with Crippen LogP contribution >= 0.6 is 0 Å². The zero-order valence-electron chi connectivity index (χ0n) is 32.6. The van der Waals surface area contributed by atoms with Crippen LogP contribution in [0.5, 0.6) is 0 Å². The molecule has 7 heteroatoms. The van der Waals surface area contributed by atoms with Crippen molar-refractivity contribution in [3.05, 3.63) is 80.4 Å². The molecule has 46 heavy (non-hydrogen) atoms. The molecule has 1 heterocycles. The van der Waals surface area contributed by atoms with Gasteiger partial charge in [0, 0.05) is 18.9 Å². The second-order valence-corrected chi connectivity index (χ2v) is 25.2. The van der Waals surface area contributed by atoms with Gasteiger partial charge < -0.3 is 14.7 Å². The Hall–Kier alpha value is -0.736. The Morgan fingerprint density at radius 2 is 1.04 bits per heavy atom. The van der Waals surface area contributed by atoms with Crippen molar-refractivity contribution < 1.29 is 4.74 Å². The standard InChI is InChI=1S/C29H41N2.C6H18NSi2.C4H8O.Ca/c1-18(2)24-13-11-14-25(19(3)4)28(24)30-22(9)17-23(10)31-29-26(20(5)6)15-12-16-27(29)21(7)8;1-8(2,3)7-9(4,5)6;1-2-4-5-3-1;/h11-21H,1-10H3;1-6H3;1-4H2;/q2*-1;;+2/b22-17+,31-23?;;;. The van der Waals surface area contributed by atoms with Gasteiger partial charge in [0.15, 0.2) is 0 Å². The monoisotopic (exact) mass is 689 g/mol. The average molecular weight is 690 g/mol. The smallest absolute Gasteiger partial charge is 0.668 e. The molecule has 0 bridgehead atoms. The van der Waals surface area contributed by atoms with Crippen LogP contribution < -0.4 is 0 Å². The summed E-state index contributed by atoms with van der Waals surface area (Å²) < 4.78 is 9.76. The van der Waals surface area contributed by atoms with Crippen LogP contribution in [-0.2, 0) is 4.74 Å². The third kappa shape index (κ3) is 17.6. The maximum atomic E-state index is 5.08. The summed E-state index contributed by atoms with van der Waals surface area (Å²) in [6.45, 7) is 37.8. The van der Waals surface area contributed by atoms with Crippen LogP contribution in [0, 0.1) is 0 Å². The molecule has 0 saturated carbocycles. The number of hydrogen-bond donors (Lipinski definition) is 0. The molecule has 0 unspecified atom stereocenters. The van der Waals surface area contributed by atoms with E-state index in [1.165, 1.54) is 35.1 Å². The molecule has 2 aromatic carbocycles. The van der Waals surface area contributed by atoms with Gasteiger partial charge in [-0.3, -0.25) is 4.99 Å². The molecule has 1 saturated heterocycles. The van der Waals surface area contributed by atoms with E-state index < -0.39 is 16.5 Å². The summed E-state index contributed by atoms with van der Waals surface area (Å²) >= 11 is 0. The number of nitrogens with zero attached hydrogens (tertiary/aromatic N) is 3. The fourth-order valence-electron chi connectivity index (χ4n) is 5.52. The van der Waals surface area contributed by atoms with Crippen molar-refractivity contribution in [3.8, 4) is 0 Å². The summed E-state index contributed by atoms with van der Waals surface area (Å²) in [5.74, 6) is 1.75. The Bertz CT molecular complexity index is 1160. The van der Waals surface area contributed by atoms with E-state index in [2.05, 4.69) is 151 Å². The number of hydrogen-bond acceptors (Lipinski definition) is 2. The third-order valence-corrected chi connectivity index (χ3v) is 12.5. The molecule has 4 nitrogen and oxygen atoms in total. The van der Waals surface area contributed by atoms with E-state index in [0.29, 0.717) is 23.7 Å². The van der Waals surface area contributed by atoms with E-state index in [4.69, 9.17) is 19.7 Å². The van der Waals surface area contributed by atoms with Gasteiger partial charge in [-0.05, 0) is 54.6 Å². The number of aliphatic imine (C=N–C) groups is 1. The first-order valence-electron chi connectivity index (χ1n) is 17.3. The minimum atomic E-state index is -1.11. The van der Waals surface area contributed by atoms with Crippen LogP contribution in [0.25, 0.3) is 9.96 Å². The van der Waals surface area contributed by atoms with Crippen LogP contribution in [-0.4, -0.2) is 73.1 Å². The maximum Gasteiger partial charge on any atom is 2.00 e. The van der Waals surface area contributed by atoms with Crippen LogP contribution in [0.2, 0.25) is 39.3 Å². The molecule has 0 spiro atoms. The van der Waals surface area contributed by atoms with Crippen molar-refractivity contribution in [2.75, 3.05) is 13.2 Å². The molecular formula is C39H67CaN3OSi2. The molecule has 0 atom stereocenters. The minimum Gasteiger partial charge on any atom is -0.668 e. The average Bonchev–Trinajstić information content (AvgIpc) is 3.47. The largest absolute Gasteiger partial charge is 2.00 e. The summed E-state index contributed by atoms with van der Waals surface area (Å²) in [7, 11) is -2.21. The van der Waals surface area contributed by atoms with Gasteiger partial charge in [0.25, 0.3) is 0 Å². The molecule has 0 aromatic heterocycles. The van der Waals surface area contributed by atoms with Gasteiger partial charge in [0.05, 0.1) is 5.69 Å². The zero-order chi connectivity index (χ0) is 34.5. The van der Waals surface area contributed by atoms with Crippen LogP contribution in [0.1, 0.15) is 128 Å². The van der Waals surface area contributed by atoms with Crippen molar-refractivity contribution >= 4 is 71.3 Å². The fraction of sp³-hybridized carbons (Fsp3) is 0.615. The van der Waals surface area contributed by atoms with E-state index in [1.54, 1.807) is 0 Å². The van der Waals surface area contributed by atoms with Gasteiger partial charge in [0.2, 0.25) is 0 Å². The van der Waals surface area contributed by atoms with Crippen molar-refractivity contribution in [3.63, 3.8) is 0 Å². The summed E-state index contributed by atoms with van der Waals surface area (Å²) in [5, 5.41) is 5.08. The predicted octanol–water partition coefficient (Wildman–Crippen LogP) is 13.3. The Morgan fingerprint density at radius 1 is 0.674 bits per heavy atom. The summed E-state index contributed by atoms with van der Waals surface area (Å²) in [6, 6.07) is 13.1. The number of benzene rings is 2. The van der Waals surface area contributed by atoms with Crippen LogP contribution in [0.4, 0.5) is 11.4 Å². The van der Waals surface area contributed by atoms with E-state index in [9.17, 15) is 0 Å². The van der Waals surface area contributed by atoms with Crippen molar-refractivity contribution in [1.82, 2.24) is 0 Å². The first kappa shape index (κ1) is 45.3. The minimum absolute atomic E-state index is 0. The molecule has 1 aliphatic rings. The molecule has 0 amide bonds. The van der Waals surface area contributed by atoms with Gasteiger partial charge in [-0.1, -0.05) is 172 Å². The number of allylic oxidation sites excluding steroid dienone is 2. The molecule has 1 aliphatic heterocycles. The zero-order valence-corrected chi connectivity index (χ0v) is 36.8. The quantitative estimate of drug-likeness (QED) is 0.181. The predicted molar refractivity (Wildman–Crippen MR) is 215 cm³/mol. The second-order valence-electron chi connectivity index (χ2n) is 15.6. The van der Waals surface area contributed by atoms with Gasteiger partial charge in [-0.15, -0.1) is 5.69 Å². The van der Waals surface area contributed by atoms with E-state index in [-0.39, 0.29) is 37.7 Å². The molecule has 0 N–H and O–H groups in total. The number of ether oxygens (including phenoxy) is 1. The Morgan fingerprint density at radius 3 is 1.33 bits per heavy atom. The van der Waals surface area contributed by atoms with Crippen molar-refractivity contribution in [2.45, 2.75) is 145 Å².